The van der Waals surface area contributed by atoms with Crippen molar-refractivity contribution in [1.82, 2.24) is 0 Å². The fourth-order valence-corrected chi connectivity index (χ4v) is 1.88. The second kappa shape index (κ2) is 4.09. The van der Waals surface area contributed by atoms with E-state index >= 15 is 0 Å². The molecule has 1 heterocycles. The monoisotopic (exact) mass is 212 g/mol. The van der Waals surface area contributed by atoms with Gasteiger partial charge in [-0.1, -0.05) is 19.4 Å². The Bertz CT molecular complexity index is 336. The van der Waals surface area contributed by atoms with Crippen LogP contribution in [-0.4, -0.2) is 6.79 Å². The normalized spacial score (nSPS) is 13.3. The van der Waals surface area contributed by atoms with E-state index in [-0.39, 0.29) is 0 Å². The lowest BCUT2D eigenvalue weighted by atomic mass is 10.1. The first-order valence-electron chi connectivity index (χ1n) is 4.82. The average molecular weight is 213 g/mol. The van der Waals surface area contributed by atoms with E-state index in [0.29, 0.717) is 12.7 Å². The highest BCUT2D eigenvalue weighted by atomic mass is 35.5. The summed E-state index contributed by atoms with van der Waals surface area (Å²) >= 11 is 5.85. The van der Waals surface area contributed by atoms with Crippen LogP contribution in [0.15, 0.2) is 12.1 Å². The molecule has 1 aromatic rings. The predicted octanol–water partition coefficient (Wildman–Crippen LogP) is 3.11. The van der Waals surface area contributed by atoms with Gasteiger partial charge in [0.1, 0.15) is 0 Å². The number of halogens is 1. The molecule has 2 nitrogen and oxygen atoms in total. The molecule has 0 amide bonds. The van der Waals surface area contributed by atoms with Gasteiger partial charge in [-0.25, -0.2) is 0 Å². The zero-order valence-corrected chi connectivity index (χ0v) is 8.93. The fraction of sp³-hybridized carbons (Fsp3) is 0.455. The van der Waals surface area contributed by atoms with E-state index in [1.807, 2.05) is 6.07 Å². The summed E-state index contributed by atoms with van der Waals surface area (Å²) in [6.45, 7) is 2.47. The molecule has 2 rings (SSSR count). The van der Waals surface area contributed by atoms with Gasteiger partial charge in [-0.15, -0.1) is 11.6 Å². The minimum Gasteiger partial charge on any atom is -0.454 e. The van der Waals surface area contributed by atoms with Crippen LogP contribution in [0.5, 0.6) is 11.5 Å². The standard InChI is InChI=1S/C11H13ClO2/c1-2-3-8-4-9(6-12)11-10(5-8)13-7-14-11/h4-5H,2-3,6-7H2,1H3. The zero-order valence-electron chi connectivity index (χ0n) is 8.18. The Balaban J connectivity index is 2.39. The number of hydrogen-bond donors (Lipinski definition) is 0. The molecule has 76 valence electrons. The Hall–Kier alpha value is -0.890. The largest absolute Gasteiger partial charge is 0.454 e. The predicted molar refractivity (Wildman–Crippen MR) is 56.1 cm³/mol. The molecular weight excluding hydrogens is 200 g/mol. The summed E-state index contributed by atoms with van der Waals surface area (Å²) in [5.41, 5.74) is 2.30. The van der Waals surface area contributed by atoms with Gasteiger partial charge < -0.3 is 9.47 Å². The summed E-state index contributed by atoms with van der Waals surface area (Å²) in [4.78, 5) is 0. The quantitative estimate of drug-likeness (QED) is 0.717. The second-order valence-corrected chi connectivity index (χ2v) is 3.64. The lowest BCUT2D eigenvalue weighted by Crippen LogP contribution is -1.93. The summed E-state index contributed by atoms with van der Waals surface area (Å²) in [5, 5.41) is 0. The summed E-state index contributed by atoms with van der Waals surface area (Å²) in [6.07, 6.45) is 2.18. The number of aryl methyl sites for hydroxylation is 1. The van der Waals surface area contributed by atoms with Crippen molar-refractivity contribution in [3.8, 4) is 11.5 Å². The molecule has 0 aromatic heterocycles. The Labute approximate surface area is 88.8 Å². The molecule has 0 N–H and O–H groups in total. The van der Waals surface area contributed by atoms with Gasteiger partial charge in [-0.3, -0.25) is 0 Å². The third-order valence-electron chi connectivity index (χ3n) is 2.29. The average Bonchev–Trinajstić information content (AvgIpc) is 2.65. The first-order chi connectivity index (χ1) is 6.85. The maximum absolute atomic E-state index is 5.85. The van der Waals surface area contributed by atoms with E-state index in [4.69, 9.17) is 21.1 Å². The van der Waals surface area contributed by atoms with Gasteiger partial charge in [0.2, 0.25) is 6.79 Å². The minimum atomic E-state index is 0.314. The lowest BCUT2D eigenvalue weighted by Gasteiger charge is -2.06. The highest BCUT2D eigenvalue weighted by Gasteiger charge is 2.18. The minimum absolute atomic E-state index is 0.314. The first-order valence-corrected chi connectivity index (χ1v) is 5.36. The number of fused-ring (bicyclic) bond motifs is 1. The molecule has 0 atom stereocenters. The third kappa shape index (κ3) is 1.67. The van der Waals surface area contributed by atoms with Crippen LogP contribution in [0.3, 0.4) is 0 Å². The van der Waals surface area contributed by atoms with Gasteiger partial charge in [0, 0.05) is 5.56 Å². The van der Waals surface area contributed by atoms with Crippen molar-refractivity contribution < 1.29 is 9.47 Å². The molecule has 0 saturated carbocycles. The molecule has 0 unspecified atom stereocenters. The maximum atomic E-state index is 5.85. The molecule has 0 radical (unpaired) electrons. The van der Waals surface area contributed by atoms with Crippen molar-refractivity contribution in [1.29, 1.82) is 0 Å². The summed E-state index contributed by atoms with van der Waals surface area (Å²) < 4.78 is 10.7. The molecule has 0 fully saturated rings. The molecule has 0 bridgehead atoms. The smallest absolute Gasteiger partial charge is 0.231 e. The van der Waals surface area contributed by atoms with E-state index < -0.39 is 0 Å². The SMILES string of the molecule is CCCc1cc(CCl)c2c(c1)OCO2. The number of rotatable bonds is 3. The number of alkyl halides is 1. The van der Waals surface area contributed by atoms with Gasteiger partial charge in [0.15, 0.2) is 11.5 Å². The third-order valence-corrected chi connectivity index (χ3v) is 2.58. The van der Waals surface area contributed by atoms with Crippen molar-refractivity contribution in [2.24, 2.45) is 0 Å². The van der Waals surface area contributed by atoms with Crippen LogP contribution in [0.25, 0.3) is 0 Å². The van der Waals surface area contributed by atoms with Crippen molar-refractivity contribution >= 4 is 11.6 Å². The molecule has 3 heteroatoms. The molecule has 1 aliphatic rings. The first kappa shape index (κ1) is 9.66. The van der Waals surface area contributed by atoms with Crippen LogP contribution < -0.4 is 9.47 Å². The van der Waals surface area contributed by atoms with E-state index in [1.54, 1.807) is 0 Å². The van der Waals surface area contributed by atoms with Gasteiger partial charge in [0.25, 0.3) is 0 Å². The topological polar surface area (TPSA) is 18.5 Å². The molecule has 1 aliphatic heterocycles. The molecule has 14 heavy (non-hydrogen) atoms. The van der Waals surface area contributed by atoms with Crippen molar-refractivity contribution in [3.63, 3.8) is 0 Å². The van der Waals surface area contributed by atoms with Crippen molar-refractivity contribution in [2.75, 3.05) is 6.79 Å². The van der Waals surface area contributed by atoms with Crippen LogP contribution in [0.1, 0.15) is 24.5 Å². The summed E-state index contributed by atoms with van der Waals surface area (Å²) in [6, 6.07) is 4.14. The highest BCUT2D eigenvalue weighted by molar-refractivity contribution is 6.17. The molecule has 0 aliphatic carbocycles. The van der Waals surface area contributed by atoms with Crippen LogP contribution in [-0.2, 0) is 12.3 Å². The lowest BCUT2D eigenvalue weighted by molar-refractivity contribution is 0.173. The van der Waals surface area contributed by atoms with E-state index in [2.05, 4.69) is 13.0 Å². The Morgan fingerprint density at radius 3 is 2.93 bits per heavy atom. The second-order valence-electron chi connectivity index (χ2n) is 3.37. The fourth-order valence-electron chi connectivity index (χ4n) is 1.68. The van der Waals surface area contributed by atoms with Gasteiger partial charge >= 0.3 is 0 Å². The van der Waals surface area contributed by atoms with E-state index in [9.17, 15) is 0 Å². The highest BCUT2D eigenvalue weighted by Crippen LogP contribution is 2.37. The summed E-state index contributed by atoms with van der Waals surface area (Å²) in [5.74, 6) is 2.13. The zero-order chi connectivity index (χ0) is 9.97. The maximum Gasteiger partial charge on any atom is 0.231 e. The Morgan fingerprint density at radius 2 is 2.21 bits per heavy atom. The molecule has 1 aromatic carbocycles. The molecule has 0 saturated heterocycles. The number of benzene rings is 1. The number of hydrogen-bond acceptors (Lipinski definition) is 2. The van der Waals surface area contributed by atoms with Gasteiger partial charge in [-0.05, 0) is 18.1 Å². The van der Waals surface area contributed by atoms with Crippen LogP contribution in [0.4, 0.5) is 0 Å². The Morgan fingerprint density at radius 1 is 1.36 bits per heavy atom. The number of ether oxygens (including phenoxy) is 2. The van der Waals surface area contributed by atoms with Crippen LogP contribution in [0, 0.1) is 0 Å². The van der Waals surface area contributed by atoms with Crippen molar-refractivity contribution in [3.05, 3.63) is 23.3 Å². The van der Waals surface area contributed by atoms with E-state index in [0.717, 1.165) is 29.9 Å². The van der Waals surface area contributed by atoms with Gasteiger partial charge in [-0.2, -0.15) is 0 Å². The Kier molecular flexibility index (Phi) is 2.82. The van der Waals surface area contributed by atoms with E-state index in [1.165, 1.54) is 5.56 Å². The van der Waals surface area contributed by atoms with Crippen molar-refractivity contribution in [2.45, 2.75) is 25.6 Å². The van der Waals surface area contributed by atoms with Gasteiger partial charge in [0.05, 0.1) is 5.88 Å². The molecular formula is C11H13ClO2. The summed E-state index contributed by atoms with van der Waals surface area (Å²) in [7, 11) is 0. The molecule has 0 spiro atoms. The van der Waals surface area contributed by atoms with Crippen LogP contribution in [0.2, 0.25) is 0 Å². The van der Waals surface area contributed by atoms with Crippen LogP contribution >= 0.6 is 11.6 Å².